The molecule has 2 aliphatic rings. The lowest BCUT2D eigenvalue weighted by Crippen LogP contribution is -2.32. The van der Waals surface area contributed by atoms with Crippen LogP contribution in [0.3, 0.4) is 0 Å². The second-order valence-corrected chi connectivity index (χ2v) is 9.62. The fraction of sp³-hybridized carbons (Fsp3) is 0.182. The molecule has 0 radical (unpaired) electrons. The van der Waals surface area contributed by atoms with Crippen molar-refractivity contribution < 1.29 is 19.5 Å². The number of hydrogen-bond acceptors (Lipinski definition) is 7. The topological polar surface area (TPSA) is 118 Å². The van der Waals surface area contributed by atoms with E-state index in [9.17, 15) is 24.3 Å². The van der Waals surface area contributed by atoms with E-state index in [1.54, 1.807) is 42.5 Å². The molecule has 3 aromatic rings. The van der Waals surface area contributed by atoms with Gasteiger partial charge < -0.3 is 10.4 Å². The van der Waals surface area contributed by atoms with E-state index in [0.29, 0.717) is 21.2 Å². The van der Waals surface area contributed by atoms with Gasteiger partial charge in [0.2, 0.25) is 17.7 Å². The number of hydrogen-bond donors (Lipinski definition) is 3. The molecule has 3 amide bonds. The van der Waals surface area contributed by atoms with Crippen LogP contribution in [0.15, 0.2) is 64.4 Å². The third-order valence-corrected chi connectivity index (χ3v) is 8.13. The Bertz CT molecular complexity index is 1300. The molecule has 3 atom stereocenters. The van der Waals surface area contributed by atoms with Gasteiger partial charge in [-0.1, -0.05) is 59.5 Å². The predicted molar refractivity (Wildman–Crippen MR) is 120 cm³/mol. The number of rotatable bonds is 4. The van der Waals surface area contributed by atoms with Gasteiger partial charge in [0.25, 0.3) is 0 Å². The number of amides is 3. The van der Waals surface area contributed by atoms with E-state index in [1.807, 2.05) is 6.07 Å². The number of fused-ring (bicyclic) bond motifs is 2. The second-order valence-electron chi connectivity index (χ2n) is 7.49. The van der Waals surface area contributed by atoms with Crippen LogP contribution in [0.2, 0.25) is 0 Å². The van der Waals surface area contributed by atoms with E-state index in [0.717, 1.165) is 23.1 Å². The Morgan fingerprint density at radius 3 is 2.50 bits per heavy atom. The van der Waals surface area contributed by atoms with Crippen LogP contribution < -0.4 is 15.5 Å². The molecule has 3 heterocycles. The first-order valence-corrected chi connectivity index (χ1v) is 11.5. The van der Waals surface area contributed by atoms with Crippen molar-refractivity contribution >= 4 is 46.5 Å². The number of nitrogens with one attached hydrogen (secondary N) is 2. The maximum atomic E-state index is 12.9. The summed E-state index contributed by atoms with van der Waals surface area (Å²) in [5.41, 5.74) is 1.08. The SMILES string of the molecule is O=C(Cn1c2c(sc1=O)C(c1ccccc1O)C1C(=O)NC(=O)C1S2)Nc1ccccc1. The number of aromatic nitrogens is 1. The first-order chi connectivity index (χ1) is 15.4. The highest BCUT2D eigenvalue weighted by molar-refractivity contribution is 8.00. The Hall–Kier alpha value is -3.37. The van der Waals surface area contributed by atoms with Crippen molar-refractivity contribution in [2.75, 3.05) is 5.32 Å². The van der Waals surface area contributed by atoms with Crippen molar-refractivity contribution in [1.29, 1.82) is 0 Å². The average Bonchev–Trinajstić information content (AvgIpc) is 3.23. The van der Waals surface area contributed by atoms with Crippen molar-refractivity contribution in [2.45, 2.75) is 22.7 Å². The van der Waals surface area contributed by atoms with Crippen LogP contribution in [0.1, 0.15) is 16.4 Å². The maximum absolute atomic E-state index is 12.9. The van der Waals surface area contributed by atoms with Gasteiger partial charge in [0.15, 0.2) is 0 Å². The molecule has 162 valence electrons. The Balaban J connectivity index is 1.57. The molecule has 1 fully saturated rings. The van der Waals surface area contributed by atoms with Crippen LogP contribution in [0.25, 0.3) is 0 Å². The Morgan fingerprint density at radius 1 is 1.03 bits per heavy atom. The summed E-state index contributed by atoms with van der Waals surface area (Å²) >= 11 is 2.05. The highest BCUT2D eigenvalue weighted by Gasteiger charge is 2.53. The molecule has 0 bridgehead atoms. The molecule has 1 aromatic heterocycles. The number of para-hydroxylation sites is 2. The standard InChI is InChI=1S/C22H17N3O5S2/c26-13-9-5-4-8-12(13)15-16-17(20(29)24-19(16)28)31-21-18(15)32-22(30)25(21)10-14(27)23-11-6-2-1-3-7-11/h1-9,15-17,26H,10H2,(H,23,27)(H,24,28,29). The minimum Gasteiger partial charge on any atom is -0.508 e. The molecule has 3 unspecified atom stereocenters. The third-order valence-electron chi connectivity index (χ3n) is 5.52. The van der Waals surface area contributed by atoms with Crippen LogP contribution in [0.5, 0.6) is 5.75 Å². The van der Waals surface area contributed by atoms with Crippen molar-refractivity contribution in [2.24, 2.45) is 5.92 Å². The van der Waals surface area contributed by atoms with E-state index in [2.05, 4.69) is 10.6 Å². The largest absolute Gasteiger partial charge is 0.508 e. The lowest BCUT2D eigenvalue weighted by molar-refractivity contribution is -0.126. The van der Waals surface area contributed by atoms with Crippen LogP contribution >= 0.6 is 23.1 Å². The molecule has 32 heavy (non-hydrogen) atoms. The minimum atomic E-state index is -0.753. The zero-order valence-electron chi connectivity index (χ0n) is 16.5. The van der Waals surface area contributed by atoms with Gasteiger partial charge in [0.05, 0.1) is 10.9 Å². The highest BCUT2D eigenvalue weighted by Crippen LogP contribution is 2.52. The number of anilines is 1. The Morgan fingerprint density at radius 2 is 1.75 bits per heavy atom. The number of nitrogens with zero attached hydrogens (tertiary/aromatic N) is 1. The van der Waals surface area contributed by atoms with Gasteiger partial charge in [-0.2, -0.15) is 0 Å². The van der Waals surface area contributed by atoms with Gasteiger partial charge in [0.1, 0.15) is 17.5 Å². The van der Waals surface area contributed by atoms with Gasteiger partial charge >= 0.3 is 4.87 Å². The summed E-state index contributed by atoms with van der Waals surface area (Å²) in [4.78, 5) is 50.8. The number of phenols is 1. The summed E-state index contributed by atoms with van der Waals surface area (Å²) in [5.74, 6) is -2.68. The number of carbonyl (C=O) groups is 3. The number of benzene rings is 2. The van der Waals surface area contributed by atoms with Crippen molar-refractivity contribution in [3.05, 3.63) is 74.7 Å². The van der Waals surface area contributed by atoms with E-state index >= 15 is 0 Å². The molecule has 8 nitrogen and oxygen atoms in total. The lowest BCUT2D eigenvalue weighted by Gasteiger charge is -2.31. The Labute approximate surface area is 190 Å². The Kier molecular flexibility index (Phi) is 5.10. The molecule has 0 saturated carbocycles. The molecule has 3 N–H and O–H groups in total. The van der Waals surface area contributed by atoms with Gasteiger partial charge in [-0.3, -0.25) is 29.1 Å². The first-order valence-electron chi connectivity index (χ1n) is 9.81. The number of thiazole rings is 1. The van der Waals surface area contributed by atoms with Gasteiger partial charge in [0, 0.05) is 22.0 Å². The van der Waals surface area contributed by atoms with E-state index < -0.39 is 28.9 Å². The van der Waals surface area contributed by atoms with Crippen molar-refractivity contribution in [3.63, 3.8) is 0 Å². The van der Waals surface area contributed by atoms with Crippen LogP contribution in [0, 0.1) is 5.92 Å². The third kappa shape index (κ3) is 3.41. The molecule has 1 saturated heterocycles. The quantitative estimate of drug-likeness (QED) is 0.506. The lowest BCUT2D eigenvalue weighted by atomic mass is 9.82. The summed E-state index contributed by atoms with van der Waals surface area (Å²) in [6, 6.07) is 15.5. The number of aromatic hydroxyl groups is 1. The minimum absolute atomic E-state index is 0.0181. The fourth-order valence-electron chi connectivity index (χ4n) is 4.13. The average molecular weight is 468 g/mol. The van der Waals surface area contributed by atoms with Crippen LogP contribution in [-0.4, -0.2) is 32.6 Å². The van der Waals surface area contributed by atoms with Gasteiger partial charge in [-0.25, -0.2) is 0 Å². The summed E-state index contributed by atoms with van der Waals surface area (Å²) in [6.07, 6.45) is 0. The summed E-state index contributed by atoms with van der Waals surface area (Å²) in [5, 5.41) is 15.3. The van der Waals surface area contributed by atoms with Gasteiger partial charge in [-0.05, 0) is 18.2 Å². The molecule has 0 aliphatic carbocycles. The smallest absolute Gasteiger partial charge is 0.308 e. The second kappa shape index (κ2) is 7.95. The first kappa shape index (κ1) is 20.5. The molecular weight excluding hydrogens is 450 g/mol. The summed E-state index contributed by atoms with van der Waals surface area (Å²) in [6.45, 7) is -0.229. The molecular formula is C22H17N3O5S2. The zero-order valence-corrected chi connectivity index (χ0v) is 18.1. The predicted octanol–water partition coefficient (Wildman–Crippen LogP) is 2.13. The van der Waals surface area contributed by atoms with E-state index in [4.69, 9.17) is 0 Å². The summed E-state index contributed by atoms with van der Waals surface area (Å²) < 4.78 is 1.34. The van der Waals surface area contributed by atoms with Crippen LogP contribution in [-0.2, 0) is 20.9 Å². The molecule has 0 spiro atoms. The van der Waals surface area contributed by atoms with Crippen LogP contribution in [0.4, 0.5) is 5.69 Å². The normalized spacial score (nSPS) is 21.6. The maximum Gasteiger partial charge on any atom is 0.308 e. The highest BCUT2D eigenvalue weighted by atomic mass is 32.2. The number of thioether (sulfide) groups is 1. The molecule has 10 heteroatoms. The number of imide groups is 1. The monoisotopic (exact) mass is 467 g/mol. The van der Waals surface area contributed by atoms with E-state index in [-0.39, 0.29) is 23.1 Å². The zero-order chi connectivity index (χ0) is 22.4. The summed E-state index contributed by atoms with van der Waals surface area (Å²) in [7, 11) is 0. The number of phenolic OH excluding ortho intramolecular Hbond substituents is 1. The van der Waals surface area contributed by atoms with E-state index in [1.165, 1.54) is 10.6 Å². The molecule has 2 aliphatic heterocycles. The van der Waals surface area contributed by atoms with Crippen molar-refractivity contribution in [1.82, 2.24) is 9.88 Å². The van der Waals surface area contributed by atoms with Crippen molar-refractivity contribution in [3.8, 4) is 5.75 Å². The van der Waals surface area contributed by atoms with Gasteiger partial charge in [-0.15, -0.1) is 0 Å². The molecule has 5 rings (SSSR count). The number of carbonyl (C=O) groups excluding carboxylic acids is 3. The molecule has 2 aromatic carbocycles. The fourth-order valence-corrected chi connectivity index (χ4v) is 6.86.